The fourth-order valence-corrected chi connectivity index (χ4v) is 7.94. The Morgan fingerprint density at radius 2 is 1.91 bits per heavy atom. The molecule has 8 nitrogen and oxygen atoms in total. The number of hydrogen-bond donors (Lipinski definition) is 2. The number of fused-ring (bicyclic) bond motifs is 2. The third-order valence-electron chi connectivity index (χ3n) is 10.4. The van der Waals surface area contributed by atoms with Gasteiger partial charge < -0.3 is 15.0 Å². The van der Waals surface area contributed by atoms with E-state index in [0.29, 0.717) is 19.6 Å². The van der Waals surface area contributed by atoms with Gasteiger partial charge in [0, 0.05) is 61.0 Å². The molecule has 2 saturated heterocycles. The number of benzene rings is 1. The maximum Gasteiger partial charge on any atom is 0.151 e. The molecule has 9 heteroatoms. The number of rotatable bonds is 7. The fourth-order valence-electron chi connectivity index (χ4n) is 7.94. The van der Waals surface area contributed by atoms with Crippen LogP contribution in [0.25, 0.3) is 17.3 Å². The normalized spacial score (nSPS) is 24.5. The zero-order valence-electron chi connectivity index (χ0n) is 27.4. The van der Waals surface area contributed by atoms with E-state index in [4.69, 9.17) is 14.8 Å². The lowest BCUT2D eigenvalue weighted by atomic mass is 9.85. The van der Waals surface area contributed by atoms with Crippen molar-refractivity contribution in [2.45, 2.75) is 70.6 Å². The molecule has 3 aromatic rings. The molecule has 0 saturated carbocycles. The molecule has 47 heavy (non-hydrogen) atoms. The molecule has 2 unspecified atom stereocenters. The molecule has 6 heterocycles. The van der Waals surface area contributed by atoms with Gasteiger partial charge >= 0.3 is 0 Å². The van der Waals surface area contributed by atoms with E-state index in [1.165, 1.54) is 48.2 Å². The van der Waals surface area contributed by atoms with Gasteiger partial charge in [-0.25, -0.2) is 4.39 Å². The second-order valence-electron chi connectivity index (χ2n) is 13.6. The molecular formula is C38H44FN7O. The molecular weight excluding hydrogens is 589 g/mol. The average Bonchev–Trinajstić information content (AvgIpc) is 3.77. The zero-order valence-corrected chi connectivity index (χ0v) is 27.4. The number of halogens is 1. The monoisotopic (exact) mass is 633 g/mol. The van der Waals surface area contributed by atoms with Gasteiger partial charge in [0.2, 0.25) is 0 Å². The Hall–Kier alpha value is -4.08. The van der Waals surface area contributed by atoms with Crippen molar-refractivity contribution in [1.29, 1.82) is 0 Å². The number of morpholine rings is 1. The lowest BCUT2D eigenvalue weighted by Crippen LogP contribution is -2.36. The van der Waals surface area contributed by atoms with E-state index >= 15 is 4.39 Å². The van der Waals surface area contributed by atoms with Gasteiger partial charge in [-0.3, -0.25) is 20.0 Å². The molecule has 4 aliphatic heterocycles. The molecule has 0 bridgehead atoms. The number of anilines is 1. The maximum atomic E-state index is 15.2. The molecule has 2 N–H and O–H groups in total. The van der Waals surface area contributed by atoms with E-state index in [2.05, 4.69) is 75.5 Å². The third-order valence-corrected chi connectivity index (χ3v) is 10.4. The largest absolute Gasteiger partial charge is 0.378 e. The van der Waals surface area contributed by atoms with Crippen LogP contribution in [0.2, 0.25) is 0 Å². The molecule has 244 valence electrons. The van der Waals surface area contributed by atoms with Crippen LogP contribution in [-0.2, 0) is 17.7 Å². The van der Waals surface area contributed by atoms with Crippen LogP contribution in [-0.4, -0.2) is 76.6 Å². The number of likely N-dealkylation sites (tertiary alicyclic amines) is 1. The van der Waals surface area contributed by atoms with Gasteiger partial charge in [-0.15, -0.1) is 0 Å². The van der Waals surface area contributed by atoms with Crippen LogP contribution in [0.5, 0.6) is 0 Å². The summed E-state index contributed by atoms with van der Waals surface area (Å²) in [6.45, 7) is 10.6. The van der Waals surface area contributed by atoms with Gasteiger partial charge in [-0.2, -0.15) is 5.10 Å². The SMILES string of the molecule is CCC1=C(c2n[nH]c3c2=CC(c2cncc(CN4CCCC4)c2)[C@@H](C)N=3)Nc2cccc(C3=CC(N4CCOCC4)=CC(F)C3)c2C1. The van der Waals surface area contributed by atoms with Crippen LogP contribution in [0, 0.1) is 0 Å². The second kappa shape index (κ2) is 12.8. The number of aromatic amines is 1. The Kier molecular flexibility index (Phi) is 8.27. The summed E-state index contributed by atoms with van der Waals surface area (Å²) in [5, 5.41) is 12.9. The standard InChI is InChI=1S/C38H44FN7O/c1-3-26-18-33-31(27-16-29(39)19-30(17-27)46-11-13-47-14-12-46)7-6-8-35(33)42-36(26)37-34-20-32(24(2)41-38(34)44-43-37)28-15-25(21-40-22-28)23-45-9-4-5-10-45/h6-8,15,17,19-22,24,29,32,42H,3-5,9-14,16,18,23H2,1-2H3,(H,41,44)/t24-,29?,32?/m1/s1. The molecule has 1 aliphatic carbocycles. The van der Waals surface area contributed by atoms with Gasteiger partial charge in [0.25, 0.3) is 0 Å². The topological polar surface area (TPSA) is 81.7 Å². The summed E-state index contributed by atoms with van der Waals surface area (Å²) in [5.41, 5.74) is 12.0. The van der Waals surface area contributed by atoms with Crippen molar-refractivity contribution in [2.75, 3.05) is 44.7 Å². The van der Waals surface area contributed by atoms with Crippen molar-refractivity contribution in [2.24, 2.45) is 4.99 Å². The van der Waals surface area contributed by atoms with Crippen molar-refractivity contribution in [3.05, 3.63) is 98.7 Å². The number of nitrogens with one attached hydrogen (secondary N) is 2. The second-order valence-corrected chi connectivity index (χ2v) is 13.6. The first-order valence-electron chi connectivity index (χ1n) is 17.3. The molecule has 8 rings (SSSR count). The van der Waals surface area contributed by atoms with Crippen molar-refractivity contribution in [1.82, 2.24) is 25.0 Å². The lowest BCUT2D eigenvalue weighted by molar-refractivity contribution is 0.0548. The van der Waals surface area contributed by atoms with Gasteiger partial charge in [-0.1, -0.05) is 31.2 Å². The van der Waals surface area contributed by atoms with Gasteiger partial charge in [0.15, 0.2) is 5.49 Å². The predicted octanol–water partition coefficient (Wildman–Crippen LogP) is 5.12. The molecule has 1 aromatic carbocycles. The summed E-state index contributed by atoms with van der Waals surface area (Å²) < 4.78 is 20.7. The van der Waals surface area contributed by atoms with E-state index in [0.717, 1.165) is 77.1 Å². The number of nitrogens with zero attached hydrogens (tertiary/aromatic N) is 5. The number of pyridine rings is 1. The summed E-state index contributed by atoms with van der Waals surface area (Å²) in [4.78, 5) is 14.5. The van der Waals surface area contributed by atoms with Crippen LogP contribution >= 0.6 is 0 Å². The Balaban J connectivity index is 1.12. The van der Waals surface area contributed by atoms with E-state index in [9.17, 15) is 0 Å². The highest BCUT2D eigenvalue weighted by atomic mass is 19.1. The van der Waals surface area contributed by atoms with Gasteiger partial charge in [0.1, 0.15) is 11.9 Å². The third kappa shape index (κ3) is 5.95. The number of ether oxygens (including phenoxy) is 1. The minimum atomic E-state index is -1.00. The van der Waals surface area contributed by atoms with Crippen LogP contribution < -0.4 is 16.0 Å². The van der Waals surface area contributed by atoms with Crippen molar-refractivity contribution < 1.29 is 9.13 Å². The number of H-pyrrole nitrogens is 1. The number of alkyl halides is 1. The minimum Gasteiger partial charge on any atom is -0.378 e. The molecule has 0 radical (unpaired) electrons. The molecule has 5 aliphatic rings. The summed E-state index contributed by atoms with van der Waals surface area (Å²) in [6.07, 6.45) is 13.9. The summed E-state index contributed by atoms with van der Waals surface area (Å²) >= 11 is 0. The van der Waals surface area contributed by atoms with Crippen molar-refractivity contribution in [3.8, 4) is 0 Å². The minimum absolute atomic E-state index is 0.0707. The molecule has 3 atom stereocenters. The first-order valence-corrected chi connectivity index (χ1v) is 17.3. The number of allylic oxidation sites excluding steroid dienone is 4. The Bertz CT molecular complexity index is 1880. The number of hydrogen-bond acceptors (Lipinski definition) is 7. The lowest BCUT2D eigenvalue weighted by Gasteiger charge is -2.33. The van der Waals surface area contributed by atoms with Crippen LogP contribution in [0.3, 0.4) is 0 Å². The van der Waals surface area contributed by atoms with E-state index < -0.39 is 6.17 Å². The van der Waals surface area contributed by atoms with E-state index in [1.807, 2.05) is 12.4 Å². The molecule has 0 amide bonds. The average molecular weight is 634 g/mol. The first-order chi connectivity index (χ1) is 23.0. The summed E-state index contributed by atoms with van der Waals surface area (Å²) in [5.74, 6) is 0.110. The highest BCUT2D eigenvalue weighted by Crippen LogP contribution is 2.40. The Morgan fingerprint density at radius 1 is 1.06 bits per heavy atom. The molecule has 2 fully saturated rings. The van der Waals surface area contributed by atoms with Crippen LogP contribution in [0.1, 0.15) is 73.4 Å². The molecule has 2 aromatic heterocycles. The highest BCUT2D eigenvalue weighted by molar-refractivity contribution is 5.86. The molecule has 0 spiro atoms. The quantitative estimate of drug-likeness (QED) is 0.376. The van der Waals surface area contributed by atoms with Crippen LogP contribution in [0.15, 0.2) is 65.1 Å². The van der Waals surface area contributed by atoms with E-state index in [-0.39, 0.29) is 12.0 Å². The highest BCUT2D eigenvalue weighted by Gasteiger charge is 2.29. The summed E-state index contributed by atoms with van der Waals surface area (Å²) in [7, 11) is 0. The number of aromatic nitrogens is 3. The van der Waals surface area contributed by atoms with Gasteiger partial charge in [-0.05, 0) is 97.3 Å². The van der Waals surface area contributed by atoms with Crippen LogP contribution in [0.4, 0.5) is 10.1 Å². The van der Waals surface area contributed by atoms with E-state index in [1.54, 1.807) is 6.08 Å². The smallest absolute Gasteiger partial charge is 0.151 e. The Labute approximate surface area is 275 Å². The predicted molar refractivity (Wildman–Crippen MR) is 184 cm³/mol. The Morgan fingerprint density at radius 3 is 2.74 bits per heavy atom. The van der Waals surface area contributed by atoms with Crippen molar-refractivity contribution >= 4 is 23.0 Å². The van der Waals surface area contributed by atoms with Crippen molar-refractivity contribution in [3.63, 3.8) is 0 Å². The summed E-state index contributed by atoms with van der Waals surface area (Å²) in [6, 6.07) is 8.76. The zero-order chi connectivity index (χ0) is 31.9. The fraction of sp³-hybridized carbons (Fsp3) is 0.447. The maximum absolute atomic E-state index is 15.2. The first kappa shape index (κ1) is 30.3. The van der Waals surface area contributed by atoms with Gasteiger partial charge in [0.05, 0.1) is 25.0 Å².